The van der Waals surface area contributed by atoms with Crippen LogP contribution in [0.15, 0.2) is 24.3 Å². The van der Waals surface area contributed by atoms with Crippen LogP contribution in [0.5, 0.6) is 0 Å². The summed E-state index contributed by atoms with van der Waals surface area (Å²) in [6.07, 6.45) is -2.94. The van der Waals surface area contributed by atoms with Crippen molar-refractivity contribution >= 4 is 5.91 Å². The molecule has 1 amide bonds. The van der Waals surface area contributed by atoms with Crippen LogP contribution < -0.4 is 5.32 Å². The third-order valence-corrected chi connectivity index (χ3v) is 3.93. The summed E-state index contributed by atoms with van der Waals surface area (Å²) in [5.74, 6) is -0.410. The zero-order valence-electron chi connectivity index (χ0n) is 13.6. The van der Waals surface area contributed by atoms with Gasteiger partial charge in [-0.15, -0.1) is 0 Å². The van der Waals surface area contributed by atoms with E-state index in [2.05, 4.69) is 5.32 Å². The molecule has 1 fully saturated rings. The Morgan fingerprint density at radius 1 is 1.25 bits per heavy atom. The van der Waals surface area contributed by atoms with E-state index < -0.39 is 11.7 Å². The van der Waals surface area contributed by atoms with Crippen LogP contribution in [0, 0.1) is 0 Å². The summed E-state index contributed by atoms with van der Waals surface area (Å²) in [5.41, 5.74) is -0.350. The quantitative estimate of drug-likeness (QED) is 0.700. The van der Waals surface area contributed by atoms with Gasteiger partial charge in [0.25, 0.3) is 0 Å². The van der Waals surface area contributed by atoms with Gasteiger partial charge < -0.3 is 14.8 Å². The number of ether oxygens (including phenoxy) is 2. The first kappa shape index (κ1) is 18.7. The molecule has 0 saturated heterocycles. The minimum atomic E-state index is -4.37. The number of hydrogen-bond acceptors (Lipinski definition) is 3. The van der Waals surface area contributed by atoms with Crippen molar-refractivity contribution < 1.29 is 27.4 Å². The zero-order valence-corrected chi connectivity index (χ0v) is 13.6. The Morgan fingerprint density at radius 3 is 2.71 bits per heavy atom. The number of carbonyl (C=O) groups is 1. The average Bonchev–Trinajstić information content (AvgIpc) is 3.29. The normalized spacial score (nSPS) is 20.0. The third kappa shape index (κ3) is 5.49. The smallest absolute Gasteiger partial charge is 0.382 e. The number of amides is 1. The molecule has 1 aromatic carbocycles. The molecule has 134 valence electrons. The van der Waals surface area contributed by atoms with Crippen LogP contribution in [0.3, 0.4) is 0 Å². The summed E-state index contributed by atoms with van der Waals surface area (Å²) < 4.78 is 49.1. The molecule has 1 aliphatic carbocycles. The topological polar surface area (TPSA) is 47.6 Å². The molecule has 0 radical (unpaired) electrons. The Hall–Kier alpha value is -1.60. The fourth-order valence-electron chi connectivity index (χ4n) is 2.63. The molecule has 1 aliphatic rings. The zero-order chi connectivity index (χ0) is 17.6. The lowest BCUT2D eigenvalue weighted by Crippen LogP contribution is -2.27. The van der Waals surface area contributed by atoms with Crippen molar-refractivity contribution in [2.24, 2.45) is 0 Å². The molecule has 1 aromatic rings. The van der Waals surface area contributed by atoms with Gasteiger partial charge in [0.05, 0.1) is 18.8 Å². The summed E-state index contributed by atoms with van der Waals surface area (Å²) in [6.45, 7) is 1.45. The monoisotopic (exact) mass is 345 g/mol. The number of rotatable bonds is 9. The van der Waals surface area contributed by atoms with Crippen molar-refractivity contribution in [2.75, 3.05) is 26.9 Å². The maximum atomic E-state index is 13.0. The molecule has 1 N–H and O–H groups in total. The molecule has 24 heavy (non-hydrogen) atoms. The van der Waals surface area contributed by atoms with Crippen molar-refractivity contribution in [1.29, 1.82) is 0 Å². The third-order valence-electron chi connectivity index (χ3n) is 3.93. The second-order valence-corrected chi connectivity index (χ2v) is 5.81. The van der Waals surface area contributed by atoms with Crippen LogP contribution >= 0.6 is 0 Å². The molecule has 1 saturated carbocycles. The van der Waals surface area contributed by atoms with Gasteiger partial charge in [-0.2, -0.15) is 13.2 Å². The van der Waals surface area contributed by atoms with Gasteiger partial charge in [-0.3, -0.25) is 4.79 Å². The number of alkyl halides is 3. The average molecular weight is 345 g/mol. The van der Waals surface area contributed by atoms with Gasteiger partial charge in [-0.25, -0.2) is 0 Å². The fraction of sp³-hybridized carbons (Fsp3) is 0.588. The molecule has 0 aromatic heterocycles. The summed E-state index contributed by atoms with van der Waals surface area (Å²) in [6, 6.07) is 5.34. The van der Waals surface area contributed by atoms with E-state index in [1.54, 1.807) is 13.2 Å². The summed E-state index contributed by atoms with van der Waals surface area (Å²) in [5, 5.41) is 2.80. The summed E-state index contributed by atoms with van der Waals surface area (Å²) in [7, 11) is 1.58. The molecule has 4 nitrogen and oxygen atoms in total. The highest BCUT2D eigenvalue weighted by atomic mass is 19.4. The molecule has 0 bridgehead atoms. The minimum Gasteiger partial charge on any atom is -0.382 e. The van der Waals surface area contributed by atoms with E-state index in [1.807, 2.05) is 0 Å². The Kier molecular flexibility index (Phi) is 6.62. The van der Waals surface area contributed by atoms with Gasteiger partial charge in [0.15, 0.2) is 0 Å². The molecule has 0 spiro atoms. The molecule has 2 rings (SSSR count). The van der Waals surface area contributed by atoms with Gasteiger partial charge in [0.1, 0.15) is 0 Å². The lowest BCUT2D eigenvalue weighted by molar-refractivity contribution is -0.138. The van der Waals surface area contributed by atoms with E-state index in [9.17, 15) is 18.0 Å². The SMILES string of the molecule is COCCOCCCC(=O)N[C@@H]1C[C@@H]1c1ccccc1C(F)(F)F. The summed E-state index contributed by atoms with van der Waals surface area (Å²) >= 11 is 0. The van der Waals surface area contributed by atoms with Crippen molar-refractivity contribution in [3.63, 3.8) is 0 Å². The maximum absolute atomic E-state index is 13.0. The van der Waals surface area contributed by atoms with Crippen LogP contribution in [-0.4, -0.2) is 38.9 Å². The molecular weight excluding hydrogens is 323 g/mol. The van der Waals surface area contributed by atoms with Crippen molar-refractivity contribution in [1.82, 2.24) is 5.32 Å². The first-order valence-corrected chi connectivity index (χ1v) is 7.95. The molecule has 2 atom stereocenters. The fourth-order valence-corrected chi connectivity index (χ4v) is 2.63. The van der Waals surface area contributed by atoms with E-state index in [0.717, 1.165) is 6.07 Å². The number of nitrogens with one attached hydrogen (secondary N) is 1. The Bertz CT molecular complexity index is 548. The highest BCUT2D eigenvalue weighted by Gasteiger charge is 2.44. The Labute approximate surface area is 139 Å². The second kappa shape index (κ2) is 8.48. The van der Waals surface area contributed by atoms with Crippen LogP contribution in [0.2, 0.25) is 0 Å². The molecule has 0 aliphatic heterocycles. The van der Waals surface area contributed by atoms with Crippen LogP contribution in [0.25, 0.3) is 0 Å². The standard InChI is InChI=1S/C17H22F3NO3/c1-23-9-10-24-8-4-7-16(22)21-15-11-13(15)12-5-2-3-6-14(12)17(18,19)20/h2-3,5-6,13,15H,4,7-11H2,1H3,(H,21,22)/t13-,15-/m1/s1. The van der Waals surface area contributed by atoms with Crippen LogP contribution in [0.4, 0.5) is 13.2 Å². The maximum Gasteiger partial charge on any atom is 0.416 e. The molecule has 0 unspecified atom stereocenters. The number of hydrogen-bond donors (Lipinski definition) is 1. The van der Waals surface area contributed by atoms with Gasteiger partial charge in [-0.05, 0) is 24.5 Å². The van der Waals surface area contributed by atoms with E-state index in [-0.39, 0.29) is 23.4 Å². The van der Waals surface area contributed by atoms with Crippen LogP contribution in [0.1, 0.15) is 36.3 Å². The Morgan fingerprint density at radius 2 is 2.00 bits per heavy atom. The lowest BCUT2D eigenvalue weighted by atomic mass is 10.0. The van der Waals surface area contributed by atoms with Gasteiger partial charge in [0, 0.05) is 32.1 Å². The largest absolute Gasteiger partial charge is 0.416 e. The highest BCUT2D eigenvalue weighted by molar-refractivity contribution is 5.76. The van der Waals surface area contributed by atoms with Gasteiger partial charge in [0.2, 0.25) is 5.91 Å². The molecular formula is C17H22F3NO3. The number of benzene rings is 1. The molecule has 0 heterocycles. The number of carbonyl (C=O) groups excluding carboxylic acids is 1. The van der Waals surface area contributed by atoms with Gasteiger partial charge >= 0.3 is 6.18 Å². The van der Waals surface area contributed by atoms with Gasteiger partial charge in [-0.1, -0.05) is 18.2 Å². The van der Waals surface area contributed by atoms with Crippen molar-refractivity contribution in [3.05, 3.63) is 35.4 Å². The van der Waals surface area contributed by atoms with Crippen molar-refractivity contribution in [2.45, 2.75) is 37.4 Å². The number of halogens is 3. The van der Waals surface area contributed by atoms with Crippen molar-refractivity contribution in [3.8, 4) is 0 Å². The van der Waals surface area contributed by atoms with E-state index in [0.29, 0.717) is 39.1 Å². The Balaban J connectivity index is 1.75. The first-order chi connectivity index (χ1) is 11.4. The molecule has 7 heteroatoms. The predicted octanol–water partition coefficient (Wildman–Crippen LogP) is 3.12. The first-order valence-electron chi connectivity index (χ1n) is 7.95. The van der Waals surface area contributed by atoms with Crippen LogP contribution in [-0.2, 0) is 20.4 Å². The van der Waals surface area contributed by atoms with E-state index in [4.69, 9.17) is 9.47 Å². The lowest BCUT2D eigenvalue weighted by Gasteiger charge is -2.12. The minimum absolute atomic E-state index is 0.151. The predicted molar refractivity (Wildman–Crippen MR) is 82.7 cm³/mol. The summed E-state index contributed by atoms with van der Waals surface area (Å²) in [4.78, 5) is 11.8. The highest BCUT2D eigenvalue weighted by Crippen LogP contribution is 2.46. The van der Waals surface area contributed by atoms with E-state index in [1.165, 1.54) is 12.1 Å². The second-order valence-electron chi connectivity index (χ2n) is 5.81. The van der Waals surface area contributed by atoms with E-state index >= 15 is 0 Å². The number of methoxy groups -OCH3 is 1.